The van der Waals surface area contributed by atoms with Crippen molar-refractivity contribution in [2.24, 2.45) is 5.22 Å². The van der Waals surface area contributed by atoms with Gasteiger partial charge in [0.2, 0.25) is 0 Å². The fourth-order valence-electron chi connectivity index (χ4n) is 0.135. The van der Waals surface area contributed by atoms with Crippen molar-refractivity contribution in [3.63, 3.8) is 0 Å². The topological polar surface area (TPSA) is 139 Å². The van der Waals surface area contributed by atoms with E-state index in [1.165, 1.54) is 4.83 Å². The lowest BCUT2D eigenvalue weighted by atomic mass is 12.3. The molecule has 0 aromatic rings. The van der Waals surface area contributed by atoms with Crippen LogP contribution in [0.5, 0.6) is 0 Å². The first kappa shape index (κ1) is 8.94. The minimum atomic E-state index is -4.31. The Morgan fingerprint density at radius 1 is 1.60 bits per heavy atom. The largest absolute Gasteiger partial charge is 0.349 e. The molecule has 0 radical (unpaired) electrons. The first-order chi connectivity index (χ1) is 4.56. The van der Waals surface area contributed by atoms with E-state index in [9.17, 15) is 8.42 Å². The summed E-state index contributed by atoms with van der Waals surface area (Å²) in [5, 5.41) is 2.66. The van der Waals surface area contributed by atoms with Crippen LogP contribution in [0.25, 0.3) is 10.4 Å². The summed E-state index contributed by atoms with van der Waals surface area (Å²) in [7, 11) is -4.31. The van der Waals surface area contributed by atoms with E-state index in [1.54, 1.807) is 11.1 Å². The van der Waals surface area contributed by atoms with Crippen LogP contribution in [0.15, 0.2) is 5.22 Å². The van der Waals surface area contributed by atoms with Crippen molar-refractivity contribution in [2.75, 3.05) is 0 Å². The fourth-order valence-corrected chi connectivity index (χ4v) is 0.309. The summed E-state index contributed by atoms with van der Waals surface area (Å²) in [5.74, 6) is 0. The number of nitrogens with zero attached hydrogens (tertiary/aromatic N) is 3. The Bertz CT molecular complexity index is 221. The fraction of sp³-hybridized carbons (Fsp3) is 0. The lowest BCUT2D eigenvalue weighted by Gasteiger charge is -1.95. The zero-order chi connectivity index (χ0) is 8.04. The van der Waals surface area contributed by atoms with Crippen molar-refractivity contribution in [1.82, 2.24) is 15.9 Å². The quantitative estimate of drug-likeness (QED) is 0.102. The molecule has 0 heterocycles. The van der Waals surface area contributed by atoms with E-state index in [4.69, 9.17) is 10.1 Å². The first-order valence-electron chi connectivity index (χ1n) is 1.84. The molecule has 0 aliphatic carbocycles. The Kier molecular flexibility index (Phi) is 3.46. The molecule has 58 valence electrons. The summed E-state index contributed by atoms with van der Waals surface area (Å²) in [4.78, 5) is 3.55. The molecule has 10 heavy (non-hydrogen) atoms. The standard InChI is InChI=1S/H4N6O3S/c1-2-3-4-5-6-10(7,8)9/h4-6H,(H,7,8,9). The molecule has 10 heteroatoms. The molecular formula is H4N6O3S. The maximum absolute atomic E-state index is 9.80. The van der Waals surface area contributed by atoms with E-state index >= 15 is 0 Å². The van der Waals surface area contributed by atoms with Crippen LogP contribution >= 0.6 is 0 Å². The van der Waals surface area contributed by atoms with Crippen molar-refractivity contribution in [1.29, 1.82) is 0 Å². The van der Waals surface area contributed by atoms with Gasteiger partial charge in [-0.25, -0.2) is 0 Å². The van der Waals surface area contributed by atoms with E-state index < -0.39 is 10.3 Å². The second kappa shape index (κ2) is 3.87. The molecule has 0 atom stereocenters. The molecule has 0 rings (SSSR count). The zero-order valence-electron chi connectivity index (χ0n) is 4.51. The summed E-state index contributed by atoms with van der Waals surface area (Å²) in [5.41, 5.74) is 11.0. The zero-order valence-corrected chi connectivity index (χ0v) is 5.33. The summed E-state index contributed by atoms with van der Waals surface area (Å²) >= 11 is 0. The molecule has 0 spiro atoms. The highest BCUT2D eigenvalue weighted by molar-refractivity contribution is 7.83. The Morgan fingerprint density at radius 3 is 2.60 bits per heavy atom. The number of azide groups is 1. The molecule has 0 aromatic carbocycles. The Hall–Kier alpha value is -1.06. The van der Waals surface area contributed by atoms with Gasteiger partial charge in [0.25, 0.3) is 0 Å². The van der Waals surface area contributed by atoms with Crippen LogP contribution in [-0.4, -0.2) is 13.0 Å². The van der Waals surface area contributed by atoms with E-state index in [0.29, 0.717) is 0 Å². The van der Waals surface area contributed by atoms with Crippen LogP contribution in [0.3, 0.4) is 0 Å². The van der Waals surface area contributed by atoms with E-state index in [2.05, 4.69) is 10.1 Å². The number of hydrogen-bond acceptors (Lipinski definition) is 4. The molecule has 0 aliphatic heterocycles. The molecule has 9 nitrogen and oxygen atoms in total. The normalized spacial score (nSPS) is 10.1. The third-order valence-corrected chi connectivity index (χ3v) is 0.691. The van der Waals surface area contributed by atoms with Crippen LogP contribution in [0.1, 0.15) is 0 Å². The van der Waals surface area contributed by atoms with Crippen LogP contribution in [-0.2, 0) is 10.3 Å². The van der Waals surface area contributed by atoms with Crippen LogP contribution in [0, 0.1) is 0 Å². The Labute approximate surface area is 55.8 Å². The summed E-state index contributed by atoms with van der Waals surface area (Å²) in [6.07, 6.45) is 0. The minimum Gasteiger partial charge on any atom is -0.272 e. The van der Waals surface area contributed by atoms with E-state index in [0.717, 1.165) is 0 Å². The van der Waals surface area contributed by atoms with Crippen LogP contribution in [0.4, 0.5) is 0 Å². The van der Waals surface area contributed by atoms with Crippen molar-refractivity contribution in [3.05, 3.63) is 10.4 Å². The lowest BCUT2D eigenvalue weighted by molar-refractivity contribution is 0.430. The van der Waals surface area contributed by atoms with Crippen molar-refractivity contribution < 1.29 is 13.0 Å². The van der Waals surface area contributed by atoms with Crippen LogP contribution in [0.2, 0.25) is 0 Å². The highest BCUT2D eigenvalue weighted by Crippen LogP contribution is 1.63. The Balaban J connectivity index is 3.48. The number of rotatable bonds is 4. The second-order valence-corrected chi connectivity index (χ2v) is 2.16. The minimum absolute atomic E-state index is 1.36. The van der Waals surface area contributed by atoms with E-state index in [1.807, 2.05) is 0 Å². The number of hydrogen-bond donors (Lipinski definition) is 4. The molecule has 0 aliphatic rings. The highest BCUT2D eigenvalue weighted by atomic mass is 32.2. The third kappa shape index (κ3) is 6.94. The summed E-state index contributed by atoms with van der Waals surface area (Å²) < 4.78 is 27.5. The van der Waals surface area contributed by atoms with Gasteiger partial charge in [0.15, 0.2) is 0 Å². The molecule has 0 unspecified atom stereocenters. The van der Waals surface area contributed by atoms with Gasteiger partial charge in [-0.2, -0.15) is 18.9 Å². The first-order valence-corrected chi connectivity index (χ1v) is 3.28. The summed E-state index contributed by atoms with van der Waals surface area (Å²) in [6.45, 7) is 0. The van der Waals surface area contributed by atoms with Gasteiger partial charge in [-0.05, 0) is 5.22 Å². The molecular weight excluding hydrogens is 164 g/mol. The van der Waals surface area contributed by atoms with Gasteiger partial charge in [0, 0.05) is 0 Å². The average molecular weight is 168 g/mol. The predicted molar refractivity (Wildman–Crippen MR) is 30.1 cm³/mol. The molecule has 0 fully saturated rings. The van der Waals surface area contributed by atoms with Crippen LogP contribution < -0.4 is 15.9 Å². The number of hydrazine groups is 2. The highest BCUT2D eigenvalue weighted by Gasteiger charge is 1.99. The van der Waals surface area contributed by atoms with Gasteiger partial charge in [0.1, 0.15) is 0 Å². The lowest BCUT2D eigenvalue weighted by Crippen LogP contribution is -2.43. The molecule has 0 bridgehead atoms. The average Bonchev–Trinajstić information content (AvgIpc) is 1.78. The van der Waals surface area contributed by atoms with Crippen molar-refractivity contribution in [2.45, 2.75) is 0 Å². The number of nitrogens with one attached hydrogen (secondary N) is 3. The molecule has 0 amide bonds. The maximum atomic E-state index is 9.80. The van der Waals surface area contributed by atoms with Crippen molar-refractivity contribution >= 4 is 10.3 Å². The monoisotopic (exact) mass is 168 g/mol. The summed E-state index contributed by atoms with van der Waals surface area (Å²) in [6, 6.07) is 0. The maximum Gasteiger partial charge on any atom is 0.349 e. The molecule has 4 N–H and O–H groups in total. The van der Waals surface area contributed by atoms with Gasteiger partial charge in [0.05, 0.1) is 0 Å². The second-order valence-electron chi connectivity index (χ2n) is 1.00. The Morgan fingerprint density at radius 2 is 2.20 bits per heavy atom. The van der Waals surface area contributed by atoms with Gasteiger partial charge in [-0.15, -0.1) is 5.53 Å². The molecule has 0 saturated carbocycles. The smallest absolute Gasteiger partial charge is 0.272 e. The third-order valence-electron chi connectivity index (χ3n) is 0.331. The van der Waals surface area contributed by atoms with E-state index in [-0.39, 0.29) is 0 Å². The predicted octanol–water partition coefficient (Wildman–Crippen LogP) is -1.39. The van der Waals surface area contributed by atoms with Gasteiger partial charge < -0.3 is 0 Å². The van der Waals surface area contributed by atoms with Gasteiger partial charge >= 0.3 is 10.3 Å². The van der Waals surface area contributed by atoms with Gasteiger partial charge in [-0.3, -0.25) is 4.55 Å². The van der Waals surface area contributed by atoms with Gasteiger partial charge in [-0.1, -0.05) is 10.4 Å². The molecule has 0 saturated heterocycles. The SMILES string of the molecule is [N-]=[N+]=NNNNS(=O)(=O)O. The van der Waals surface area contributed by atoms with Crippen molar-refractivity contribution in [3.8, 4) is 0 Å². The molecule has 0 aromatic heterocycles.